The van der Waals surface area contributed by atoms with Crippen molar-refractivity contribution in [3.8, 4) is 0 Å². The van der Waals surface area contributed by atoms with Crippen LogP contribution in [0.3, 0.4) is 0 Å². The number of aliphatic hydroxyl groups excluding tert-OH is 1. The molecule has 3 nitrogen and oxygen atoms in total. The van der Waals surface area contributed by atoms with Crippen LogP contribution in [0, 0.1) is 13.8 Å². The Morgan fingerprint density at radius 3 is 2.73 bits per heavy atom. The Morgan fingerprint density at radius 1 is 1.47 bits per heavy atom. The number of benzene rings is 1. The zero-order valence-electron chi connectivity index (χ0n) is 9.28. The highest BCUT2D eigenvalue weighted by Crippen LogP contribution is 2.14. The number of carbonyl (C=O) groups is 1. The Kier molecular flexibility index (Phi) is 3.86. The maximum absolute atomic E-state index is 11.0. The van der Waals surface area contributed by atoms with E-state index in [-0.39, 0.29) is 0 Å². The molecule has 0 bridgehead atoms. The molecule has 0 spiro atoms. The minimum absolute atomic E-state index is 0.306. The molecule has 82 valence electrons. The summed E-state index contributed by atoms with van der Waals surface area (Å²) in [5.74, 6) is -0.587. The van der Waals surface area contributed by atoms with E-state index < -0.39 is 12.1 Å². The Morgan fingerprint density at radius 2 is 2.13 bits per heavy atom. The third-order valence-corrected chi connectivity index (χ3v) is 2.60. The SMILES string of the molecule is COC(=O)C(O)Cc1cccc(C)c1C. The van der Waals surface area contributed by atoms with Crippen LogP contribution >= 0.6 is 0 Å². The van der Waals surface area contributed by atoms with Crippen LogP contribution in [0.5, 0.6) is 0 Å². The topological polar surface area (TPSA) is 46.5 Å². The highest BCUT2D eigenvalue weighted by atomic mass is 16.5. The van der Waals surface area contributed by atoms with E-state index in [1.54, 1.807) is 0 Å². The molecule has 0 radical (unpaired) electrons. The van der Waals surface area contributed by atoms with E-state index in [0.717, 1.165) is 16.7 Å². The fraction of sp³-hybridized carbons (Fsp3) is 0.417. The van der Waals surface area contributed by atoms with Gasteiger partial charge < -0.3 is 9.84 Å². The lowest BCUT2D eigenvalue weighted by Gasteiger charge is -2.11. The zero-order valence-corrected chi connectivity index (χ0v) is 9.28. The van der Waals surface area contributed by atoms with Gasteiger partial charge in [-0.3, -0.25) is 0 Å². The van der Waals surface area contributed by atoms with Gasteiger partial charge in [-0.25, -0.2) is 4.79 Å². The molecule has 0 aliphatic rings. The third-order valence-electron chi connectivity index (χ3n) is 2.60. The van der Waals surface area contributed by atoms with Crippen LogP contribution in [0.4, 0.5) is 0 Å². The molecule has 0 aromatic heterocycles. The first-order chi connectivity index (χ1) is 7.06. The fourth-order valence-corrected chi connectivity index (χ4v) is 1.46. The smallest absolute Gasteiger partial charge is 0.335 e. The molecule has 15 heavy (non-hydrogen) atoms. The Labute approximate surface area is 89.7 Å². The predicted molar refractivity (Wildman–Crippen MR) is 57.6 cm³/mol. The normalized spacial score (nSPS) is 12.3. The van der Waals surface area contributed by atoms with Gasteiger partial charge in [-0.05, 0) is 30.5 Å². The number of rotatable bonds is 3. The predicted octanol–water partition coefficient (Wildman–Crippen LogP) is 1.38. The third kappa shape index (κ3) is 2.80. The molecule has 0 aliphatic carbocycles. The van der Waals surface area contributed by atoms with Crippen molar-refractivity contribution in [1.29, 1.82) is 0 Å². The number of esters is 1. The molecule has 3 heteroatoms. The van der Waals surface area contributed by atoms with E-state index in [0.29, 0.717) is 6.42 Å². The van der Waals surface area contributed by atoms with E-state index in [9.17, 15) is 9.90 Å². The molecule has 0 saturated heterocycles. The van der Waals surface area contributed by atoms with Gasteiger partial charge in [0, 0.05) is 6.42 Å². The quantitative estimate of drug-likeness (QED) is 0.763. The summed E-state index contributed by atoms with van der Waals surface area (Å²) in [6.07, 6.45) is -0.768. The van der Waals surface area contributed by atoms with E-state index in [1.165, 1.54) is 7.11 Å². The van der Waals surface area contributed by atoms with Gasteiger partial charge in [0.05, 0.1) is 7.11 Å². The summed E-state index contributed by atoms with van der Waals surface area (Å²) >= 11 is 0. The van der Waals surface area contributed by atoms with E-state index in [2.05, 4.69) is 4.74 Å². The molecule has 0 heterocycles. The number of aliphatic hydroxyl groups is 1. The van der Waals surface area contributed by atoms with Gasteiger partial charge in [0.1, 0.15) is 0 Å². The molecule has 1 atom stereocenters. The largest absolute Gasteiger partial charge is 0.467 e. The molecule has 1 unspecified atom stereocenters. The van der Waals surface area contributed by atoms with Crippen molar-refractivity contribution < 1.29 is 14.6 Å². The standard InChI is InChI=1S/C12H16O3/c1-8-5-4-6-10(9(8)2)7-11(13)12(14)15-3/h4-6,11,13H,7H2,1-3H3. The maximum atomic E-state index is 11.0. The zero-order chi connectivity index (χ0) is 11.4. The second-order valence-electron chi connectivity index (χ2n) is 3.60. The Bertz CT molecular complexity index is 358. The molecule has 0 amide bonds. The first-order valence-electron chi connectivity index (χ1n) is 4.87. The summed E-state index contributed by atoms with van der Waals surface area (Å²) in [5.41, 5.74) is 3.25. The summed E-state index contributed by atoms with van der Waals surface area (Å²) in [7, 11) is 1.27. The van der Waals surface area contributed by atoms with Crippen molar-refractivity contribution in [3.05, 3.63) is 34.9 Å². The van der Waals surface area contributed by atoms with Crippen molar-refractivity contribution >= 4 is 5.97 Å². The summed E-state index contributed by atoms with van der Waals surface area (Å²) < 4.78 is 4.47. The van der Waals surface area contributed by atoms with Gasteiger partial charge in [0.15, 0.2) is 6.10 Å². The number of hydrogen-bond donors (Lipinski definition) is 1. The molecular formula is C12H16O3. The molecule has 1 aromatic carbocycles. The molecular weight excluding hydrogens is 192 g/mol. The number of methoxy groups -OCH3 is 1. The Hall–Kier alpha value is -1.35. The van der Waals surface area contributed by atoms with Crippen molar-refractivity contribution in [1.82, 2.24) is 0 Å². The van der Waals surface area contributed by atoms with Gasteiger partial charge in [0.2, 0.25) is 0 Å². The number of aryl methyl sites for hydroxylation is 1. The van der Waals surface area contributed by atoms with Crippen molar-refractivity contribution in [2.75, 3.05) is 7.11 Å². The second-order valence-corrected chi connectivity index (χ2v) is 3.60. The number of ether oxygens (including phenoxy) is 1. The molecule has 0 fully saturated rings. The van der Waals surface area contributed by atoms with E-state index >= 15 is 0 Å². The molecule has 1 rings (SSSR count). The van der Waals surface area contributed by atoms with E-state index in [4.69, 9.17) is 0 Å². The summed E-state index contributed by atoms with van der Waals surface area (Å²) in [6.45, 7) is 3.98. The lowest BCUT2D eigenvalue weighted by molar-refractivity contribution is -0.150. The molecule has 0 saturated carbocycles. The van der Waals surface area contributed by atoms with Gasteiger partial charge in [0.25, 0.3) is 0 Å². The summed E-state index contributed by atoms with van der Waals surface area (Å²) in [6, 6.07) is 5.83. The van der Waals surface area contributed by atoms with Crippen molar-refractivity contribution in [2.45, 2.75) is 26.4 Å². The average Bonchev–Trinajstić information content (AvgIpc) is 2.23. The summed E-state index contributed by atoms with van der Waals surface area (Å²) in [5, 5.41) is 9.51. The van der Waals surface area contributed by atoms with Gasteiger partial charge >= 0.3 is 5.97 Å². The highest BCUT2D eigenvalue weighted by Gasteiger charge is 2.16. The minimum atomic E-state index is -1.07. The molecule has 1 N–H and O–H groups in total. The van der Waals surface area contributed by atoms with Crippen LogP contribution in [-0.2, 0) is 16.0 Å². The molecule has 1 aromatic rings. The Balaban J connectivity index is 2.81. The average molecular weight is 208 g/mol. The lowest BCUT2D eigenvalue weighted by Crippen LogP contribution is -2.24. The van der Waals surface area contributed by atoms with Crippen LogP contribution in [0.25, 0.3) is 0 Å². The van der Waals surface area contributed by atoms with Crippen LogP contribution in [0.1, 0.15) is 16.7 Å². The van der Waals surface area contributed by atoms with E-state index in [1.807, 2.05) is 32.0 Å². The van der Waals surface area contributed by atoms with Crippen LogP contribution < -0.4 is 0 Å². The van der Waals surface area contributed by atoms with Gasteiger partial charge in [-0.15, -0.1) is 0 Å². The number of hydrogen-bond acceptors (Lipinski definition) is 3. The van der Waals surface area contributed by atoms with Gasteiger partial charge in [-0.1, -0.05) is 18.2 Å². The monoisotopic (exact) mass is 208 g/mol. The van der Waals surface area contributed by atoms with Crippen molar-refractivity contribution in [3.63, 3.8) is 0 Å². The second kappa shape index (κ2) is 4.94. The van der Waals surface area contributed by atoms with Crippen LogP contribution in [0.15, 0.2) is 18.2 Å². The fourth-order valence-electron chi connectivity index (χ4n) is 1.46. The summed E-state index contributed by atoms with van der Waals surface area (Å²) in [4.78, 5) is 11.0. The van der Waals surface area contributed by atoms with Crippen LogP contribution in [-0.4, -0.2) is 24.3 Å². The van der Waals surface area contributed by atoms with Gasteiger partial charge in [-0.2, -0.15) is 0 Å². The minimum Gasteiger partial charge on any atom is -0.467 e. The number of carbonyl (C=O) groups excluding carboxylic acids is 1. The molecule has 0 aliphatic heterocycles. The first kappa shape index (κ1) is 11.7. The van der Waals surface area contributed by atoms with Crippen molar-refractivity contribution in [2.24, 2.45) is 0 Å². The maximum Gasteiger partial charge on any atom is 0.335 e. The van der Waals surface area contributed by atoms with Crippen LogP contribution in [0.2, 0.25) is 0 Å². The highest BCUT2D eigenvalue weighted by molar-refractivity contribution is 5.74. The first-order valence-corrected chi connectivity index (χ1v) is 4.87. The lowest BCUT2D eigenvalue weighted by atomic mass is 9.99.